The Balaban J connectivity index is 2.78. The van der Waals surface area contributed by atoms with Gasteiger partial charge in [0.15, 0.2) is 0 Å². The molecule has 1 rings (SSSR count). The predicted molar refractivity (Wildman–Crippen MR) is 77.1 cm³/mol. The fraction of sp³-hybridized carbons (Fsp3) is 0.571. The molecule has 20 heavy (non-hydrogen) atoms. The lowest BCUT2D eigenvalue weighted by molar-refractivity contribution is -0.387. The number of likely N-dealkylation sites (N-methyl/N-ethyl adjacent to an activating group) is 1. The number of nitro groups is 1. The van der Waals surface area contributed by atoms with Gasteiger partial charge in [-0.1, -0.05) is 26.0 Å². The largest absolute Gasteiger partial charge is 0.308 e. The zero-order valence-electron chi connectivity index (χ0n) is 12.4. The van der Waals surface area contributed by atoms with Gasteiger partial charge >= 0.3 is 5.69 Å². The van der Waals surface area contributed by atoms with Crippen LogP contribution in [0.3, 0.4) is 0 Å². The number of nitrogens with one attached hydrogen (secondary N) is 1. The van der Waals surface area contributed by atoms with Gasteiger partial charge < -0.3 is 10.2 Å². The highest BCUT2D eigenvalue weighted by Crippen LogP contribution is 2.20. The summed E-state index contributed by atoms with van der Waals surface area (Å²) >= 11 is 0. The fourth-order valence-electron chi connectivity index (χ4n) is 1.99. The van der Waals surface area contributed by atoms with E-state index in [1.807, 2.05) is 14.1 Å². The van der Waals surface area contributed by atoms with Crippen molar-refractivity contribution in [1.82, 2.24) is 10.2 Å². The minimum absolute atomic E-state index is 0.198. The molecular formula is C14H22FN3O2. The van der Waals surface area contributed by atoms with E-state index in [9.17, 15) is 14.5 Å². The lowest BCUT2D eigenvalue weighted by atomic mass is 10.0. The first-order valence-corrected chi connectivity index (χ1v) is 6.62. The lowest BCUT2D eigenvalue weighted by Gasteiger charge is -2.25. The molecule has 0 heterocycles. The van der Waals surface area contributed by atoms with Crippen LogP contribution in [-0.2, 0) is 6.54 Å². The second kappa shape index (κ2) is 7.31. The van der Waals surface area contributed by atoms with Gasteiger partial charge in [-0.15, -0.1) is 0 Å². The molecule has 0 aliphatic rings. The van der Waals surface area contributed by atoms with E-state index in [-0.39, 0.29) is 12.6 Å². The minimum atomic E-state index is -0.752. The molecule has 0 amide bonds. The highest BCUT2D eigenvalue weighted by molar-refractivity contribution is 5.36. The van der Waals surface area contributed by atoms with Crippen LogP contribution in [0.15, 0.2) is 18.2 Å². The van der Waals surface area contributed by atoms with E-state index in [0.29, 0.717) is 11.5 Å². The average Bonchev–Trinajstić information content (AvgIpc) is 2.34. The van der Waals surface area contributed by atoms with Crippen molar-refractivity contribution >= 4 is 5.69 Å². The molecule has 0 spiro atoms. The number of rotatable bonds is 7. The summed E-state index contributed by atoms with van der Waals surface area (Å²) in [6.45, 7) is 5.29. The Morgan fingerprint density at radius 1 is 1.40 bits per heavy atom. The van der Waals surface area contributed by atoms with Gasteiger partial charge in [-0.2, -0.15) is 4.39 Å². The van der Waals surface area contributed by atoms with E-state index >= 15 is 0 Å². The molecule has 0 fully saturated rings. The van der Waals surface area contributed by atoms with E-state index < -0.39 is 16.4 Å². The molecule has 0 radical (unpaired) electrons. The minimum Gasteiger partial charge on any atom is -0.308 e. The van der Waals surface area contributed by atoms with Gasteiger partial charge in [-0.25, -0.2) is 0 Å². The van der Waals surface area contributed by atoms with Crippen molar-refractivity contribution in [2.45, 2.75) is 26.4 Å². The monoisotopic (exact) mass is 283 g/mol. The number of hydrogen-bond donors (Lipinski definition) is 1. The molecule has 1 unspecified atom stereocenters. The Hall–Kier alpha value is -1.53. The molecule has 1 atom stereocenters. The second-order valence-electron chi connectivity index (χ2n) is 5.50. The first-order valence-electron chi connectivity index (χ1n) is 6.62. The molecule has 0 saturated heterocycles. The van der Waals surface area contributed by atoms with Gasteiger partial charge in [0.1, 0.15) is 0 Å². The molecule has 1 aromatic carbocycles. The maximum atomic E-state index is 13.9. The number of benzene rings is 1. The Morgan fingerprint density at radius 2 is 2.05 bits per heavy atom. The number of hydrogen-bond acceptors (Lipinski definition) is 4. The Labute approximate surface area is 118 Å². The van der Waals surface area contributed by atoms with Crippen molar-refractivity contribution in [2.24, 2.45) is 5.92 Å². The van der Waals surface area contributed by atoms with Crippen LogP contribution in [0.5, 0.6) is 0 Å². The quantitative estimate of drug-likeness (QED) is 0.616. The molecule has 0 bridgehead atoms. The fourth-order valence-corrected chi connectivity index (χ4v) is 1.99. The van der Waals surface area contributed by atoms with E-state index in [2.05, 4.69) is 24.1 Å². The van der Waals surface area contributed by atoms with Gasteiger partial charge in [-0.3, -0.25) is 10.1 Å². The van der Waals surface area contributed by atoms with Crippen molar-refractivity contribution in [3.63, 3.8) is 0 Å². The maximum Gasteiger partial charge on any atom is 0.305 e. The molecular weight excluding hydrogens is 261 g/mol. The molecule has 5 nitrogen and oxygen atoms in total. The zero-order valence-corrected chi connectivity index (χ0v) is 12.4. The van der Waals surface area contributed by atoms with Gasteiger partial charge in [0.05, 0.1) is 4.92 Å². The van der Waals surface area contributed by atoms with Crippen LogP contribution in [0.1, 0.15) is 19.4 Å². The third-order valence-electron chi connectivity index (χ3n) is 3.18. The van der Waals surface area contributed by atoms with Crippen molar-refractivity contribution in [1.29, 1.82) is 0 Å². The van der Waals surface area contributed by atoms with Crippen molar-refractivity contribution < 1.29 is 9.31 Å². The van der Waals surface area contributed by atoms with Crippen LogP contribution >= 0.6 is 0 Å². The van der Waals surface area contributed by atoms with E-state index in [1.165, 1.54) is 12.1 Å². The van der Waals surface area contributed by atoms with Crippen LogP contribution < -0.4 is 5.32 Å². The van der Waals surface area contributed by atoms with E-state index in [4.69, 9.17) is 0 Å². The molecule has 0 saturated carbocycles. The summed E-state index contributed by atoms with van der Waals surface area (Å²) in [5.74, 6) is -0.364. The summed E-state index contributed by atoms with van der Waals surface area (Å²) in [6, 6.07) is 4.46. The first kappa shape index (κ1) is 16.5. The van der Waals surface area contributed by atoms with Crippen molar-refractivity contribution in [3.05, 3.63) is 39.7 Å². The second-order valence-corrected chi connectivity index (χ2v) is 5.50. The van der Waals surface area contributed by atoms with Gasteiger partial charge in [0, 0.05) is 30.8 Å². The zero-order chi connectivity index (χ0) is 15.3. The van der Waals surface area contributed by atoms with Crippen LogP contribution in [0.25, 0.3) is 0 Å². The highest BCUT2D eigenvalue weighted by Gasteiger charge is 2.19. The standard InChI is InChI=1S/C14H22FN3O2/c1-10(2)12(9-17(3)4)16-8-11-6-5-7-13(14(11)15)18(19)20/h5-7,10,12,16H,8-9H2,1-4H3. The predicted octanol–water partition coefficient (Wildman–Crippen LogP) is 2.41. The van der Waals surface area contributed by atoms with E-state index in [0.717, 1.165) is 6.54 Å². The molecule has 1 N–H and O–H groups in total. The average molecular weight is 283 g/mol. The molecule has 0 aromatic heterocycles. The molecule has 1 aromatic rings. The Kier molecular flexibility index (Phi) is 6.04. The van der Waals surface area contributed by atoms with Gasteiger partial charge in [0.25, 0.3) is 0 Å². The SMILES string of the molecule is CC(C)C(CN(C)C)NCc1cccc([N+](=O)[O-])c1F. The third kappa shape index (κ3) is 4.54. The highest BCUT2D eigenvalue weighted by atomic mass is 19.1. The summed E-state index contributed by atoms with van der Waals surface area (Å²) in [5, 5.41) is 14.0. The first-order chi connectivity index (χ1) is 9.32. The van der Waals surface area contributed by atoms with E-state index in [1.54, 1.807) is 6.07 Å². The summed E-state index contributed by atoms with van der Waals surface area (Å²) in [6.07, 6.45) is 0. The Morgan fingerprint density at radius 3 is 2.55 bits per heavy atom. The summed E-state index contributed by atoms with van der Waals surface area (Å²) < 4.78 is 13.9. The van der Waals surface area contributed by atoms with Gasteiger partial charge in [0.2, 0.25) is 5.82 Å². The van der Waals surface area contributed by atoms with Crippen LogP contribution in [0.4, 0.5) is 10.1 Å². The number of nitro benzene ring substituents is 1. The van der Waals surface area contributed by atoms with Crippen LogP contribution in [0, 0.1) is 21.8 Å². The number of halogens is 1. The smallest absolute Gasteiger partial charge is 0.305 e. The van der Waals surface area contributed by atoms with Crippen LogP contribution in [0.2, 0.25) is 0 Å². The summed E-state index contributed by atoms with van der Waals surface area (Å²) in [7, 11) is 3.95. The number of nitrogens with zero attached hydrogens (tertiary/aromatic N) is 2. The maximum absolute atomic E-state index is 13.9. The Bertz CT molecular complexity index is 464. The topological polar surface area (TPSA) is 58.4 Å². The third-order valence-corrected chi connectivity index (χ3v) is 3.18. The normalized spacial score (nSPS) is 12.9. The summed E-state index contributed by atoms with van der Waals surface area (Å²) in [4.78, 5) is 12.1. The van der Waals surface area contributed by atoms with Crippen LogP contribution in [-0.4, -0.2) is 36.5 Å². The molecule has 0 aliphatic heterocycles. The molecule has 112 valence electrons. The lowest BCUT2D eigenvalue weighted by Crippen LogP contribution is -2.41. The van der Waals surface area contributed by atoms with Crippen molar-refractivity contribution in [3.8, 4) is 0 Å². The molecule has 0 aliphatic carbocycles. The van der Waals surface area contributed by atoms with Gasteiger partial charge in [-0.05, 0) is 20.0 Å². The van der Waals surface area contributed by atoms with Crippen molar-refractivity contribution in [2.75, 3.05) is 20.6 Å². The summed E-state index contributed by atoms with van der Waals surface area (Å²) in [5.41, 5.74) is -0.151. The molecule has 6 heteroatoms.